The third-order valence-electron chi connectivity index (χ3n) is 4.25. The van der Waals surface area contributed by atoms with Gasteiger partial charge in [-0.2, -0.15) is 0 Å². The maximum absolute atomic E-state index is 11.6. The highest BCUT2D eigenvalue weighted by atomic mass is 32.2. The number of fused-ring (bicyclic) bond motifs is 1. The summed E-state index contributed by atoms with van der Waals surface area (Å²) >= 11 is 2.99. The molecule has 0 unspecified atom stereocenters. The number of nitrogens with zero attached hydrogens (tertiary/aromatic N) is 2. The number of para-hydroxylation sites is 1. The van der Waals surface area contributed by atoms with Gasteiger partial charge in [0.15, 0.2) is 0 Å². The number of hydrogen-bond donors (Lipinski definition) is 0. The Morgan fingerprint density at radius 1 is 1.11 bits per heavy atom. The number of rotatable bonds is 6. The van der Waals surface area contributed by atoms with Crippen LogP contribution >= 0.6 is 23.1 Å². The summed E-state index contributed by atoms with van der Waals surface area (Å²) in [6.07, 6.45) is 0. The smallest absolute Gasteiger partial charge is 0.283 e. The van der Waals surface area contributed by atoms with Crippen LogP contribution in [0.5, 0.6) is 5.75 Å². The molecule has 0 N–H and O–H groups in total. The molecule has 0 bridgehead atoms. The van der Waals surface area contributed by atoms with Gasteiger partial charge in [0.05, 0.1) is 27.1 Å². The number of aromatic nitrogens is 1. The molecule has 1 heterocycles. The first-order valence-electron chi connectivity index (χ1n) is 8.54. The zero-order valence-electron chi connectivity index (χ0n) is 15.0. The fraction of sp³-hybridized carbons (Fsp3) is 0.0952. The lowest BCUT2D eigenvalue weighted by Gasteiger charge is -2.06. The standard InChI is InChI=1S/C21H16N2O3S2/c1-26-16-9-6-14(7-10-16)13-27-20-11-8-15(12-18(20)23(24)25)21-22-17-4-2-3-5-19(17)28-21/h2-12H,13H2,1H3. The molecule has 0 aliphatic rings. The van der Waals surface area contributed by atoms with Crippen molar-refractivity contribution in [1.29, 1.82) is 0 Å². The fourth-order valence-electron chi connectivity index (χ4n) is 2.79. The summed E-state index contributed by atoms with van der Waals surface area (Å²) in [5.41, 5.74) is 2.86. The molecule has 4 rings (SSSR count). The molecular weight excluding hydrogens is 392 g/mol. The summed E-state index contributed by atoms with van der Waals surface area (Å²) in [5, 5.41) is 12.4. The van der Waals surface area contributed by atoms with E-state index in [-0.39, 0.29) is 10.6 Å². The molecule has 7 heteroatoms. The molecule has 140 valence electrons. The van der Waals surface area contributed by atoms with Crippen LogP contribution in [0.1, 0.15) is 5.56 Å². The number of thiazole rings is 1. The van der Waals surface area contributed by atoms with E-state index in [9.17, 15) is 10.1 Å². The van der Waals surface area contributed by atoms with E-state index in [1.54, 1.807) is 13.2 Å². The number of benzene rings is 3. The zero-order chi connectivity index (χ0) is 19.5. The molecule has 0 atom stereocenters. The van der Waals surface area contributed by atoms with Crippen molar-refractivity contribution >= 4 is 39.0 Å². The van der Waals surface area contributed by atoms with Gasteiger partial charge in [-0.3, -0.25) is 10.1 Å². The average molecular weight is 409 g/mol. The van der Waals surface area contributed by atoms with E-state index >= 15 is 0 Å². The molecule has 0 aliphatic carbocycles. The second-order valence-corrected chi connectivity index (χ2v) is 8.11. The van der Waals surface area contributed by atoms with Crippen molar-refractivity contribution in [1.82, 2.24) is 4.98 Å². The molecule has 0 spiro atoms. The van der Waals surface area contributed by atoms with Crippen LogP contribution in [0.15, 0.2) is 71.6 Å². The Bertz CT molecular complexity index is 1110. The predicted octanol–water partition coefficient (Wildman–Crippen LogP) is 6.17. The first-order valence-corrected chi connectivity index (χ1v) is 10.3. The number of thioether (sulfide) groups is 1. The van der Waals surface area contributed by atoms with Crippen molar-refractivity contribution in [2.75, 3.05) is 7.11 Å². The molecule has 0 radical (unpaired) electrons. The van der Waals surface area contributed by atoms with E-state index in [1.807, 2.05) is 60.7 Å². The Balaban J connectivity index is 1.60. The van der Waals surface area contributed by atoms with Crippen molar-refractivity contribution in [2.24, 2.45) is 0 Å². The Morgan fingerprint density at radius 2 is 1.89 bits per heavy atom. The molecule has 4 aromatic rings. The highest BCUT2D eigenvalue weighted by Gasteiger charge is 2.17. The second-order valence-electron chi connectivity index (χ2n) is 6.06. The van der Waals surface area contributed by atoms with Crippen molar-refractivity contribution in [3.05, 3.63) is 82.4 Å². The van der Waals surface area contributed by atoms with Crippen LogP contribution in [-0.4, -0.2) is 17.0 Å². The quantitative estimate of drug-likeness (QED) is 0.217. The van der Waals surface area contributed by atoms with Gasteiger partial charge < -0.3 is 4.74 Å². The first-order chi connectivity index (χ1) is 13.6. The monoisotopic (exact) mass is 408 g/mol. The van der Waals surface area contributed by atoms with Gasteiger partial charge in [-0.05, 0) is 35.9 Å². The van der Waals surface area contributed by atoms with Crippen molar-refractivity contribution in [3.63, 3.8) is 0 Å². The van der Waals surface area contributed by atoms with Crippen LogP contribution in [0.4, 0.5) is 5.69 Å². The molecule has 1 aromatic heterocycles. The second kappa shape index (κ2) is 8.00. The van der Waals surface area contributed by atoms with Gasteiger partial charge in [0.2, 0.25) is 0 Å². The van der Waals surface area contributed by atoms with Crippen LogP contribution in [0, 0.1) is 10.1 Å². The molecule has 28 heavy (non-hydrogen) atoms. The van der Waals surface area contributed by atoms with Gasteiger partial charge in [-0.25, -0.2) is 4.98 Å². The topological polar surface area (TPSA) is 65.3 Å². The minimum Gasteiger partial charge on any atom is -0.497 e. The van der Waals surface area contributed by atoms with Gasteiger partial charge in [0.1, 0.15) is 10.8 Å². The van der Waals surface area contributed by atoms with Crippen molar-refractivity contribution in [3.8, 4) is 16.3 Å². The molecule has 0 saturated carbocycles. The lowest BCUT2D eigenvalue weighted by atomic mass is 10.2. The lowest BCUT2D eigenvalue weighted by molar-refractivity contribution is -0.387. The number of ether oxygens (including phenoxy) is 1. The van der Waals surface area contributed by atoms with Gasteiger partial charge in [-0.15, -0.1) is 23.1 Å². The molecule has 0 amide bonds. The van der Waals surface area contributed by atoms with Gasteiger partial charge in [0.25, 0.3) is 5.69 Å². The van der Waals surface area contributed by atoms with E-state index in [0.29, 0.717) is 10.6 Å². The molecule has 3 aromatic carbocycles. The molecule has 0 saturated heterocycles. The Labute approximate surface area is 170 Å². The summed E-state index contributed by atoms with van der Waals surface area (Å²) in [6, 6.07) is 20.9. The normalized spacial score (nSPS) is 10.9. The summed E-state index contributed by atoms with van der Waals surface area (Å²) in [7, 11) is 1.63. The van der Waals surface area contributed by atoms with E-state index in [2.05, 4.69) is 4.98 Å². The molecular formula is C21H16N2O3S2. The minimum atomic E-state index is -0.326. The van der Waals surface area contributed by atoms with Gasteiger partial charge in [-0.1, -0.05) is 30.3 Å². The van der Waals surface area contributed by atoms with Crippen LogP contribution in [0.2, 0.25) is 0 Å². The summed E-state index contributed by atoms with van der Waals surface area (Å²) < 4.78 is 6.23. The first kappa shape index (κ1) is 18.5. The Kier molecular flexibility index (Phi) is 5.27. The average Bonchev–Trinajstić information content (AvgIpc) is 3.16. The van der Waals surface area contributed by atoms with Crippen LogP contribution < -0.4 is 4.74 Å². The van der Waals surface area contributed by atoms with Crippen LogP contribution in [0.25, 0.3) is 20.8 Å². The van der Waals surface area contributed by atoms with Gasteiger partial charge >= 0.3 is 0 Å². The highest BCUT2D eigenvalue weighted by molar-refractivity contribution is 7.98. The van der Waals surface area contributed by atoms with E-state index in [0.717, 1.165) is 32.1 Å². The van der Waals surface area contributed by atoms with Crippen molar-refractivity contribution < 1.29 is 9.66 Å². The predicted molar refractivity (Wildman–Crippen MR) is 114 cm³/mol. The summed E-state index contributed by atoms with van der Waals surface area (Å²) in [5.74, 6) is 1.44. The van der Waals surface area contributed by atoms with Crippen LogP contribution in [-0.2, 0) is 5.75 Å². The minimum absolute atomic E-state index is 0.107. The SMILES string of the molecule is COc1ccc(CSc2ccc(-c3nc4ccccc4s3)cc2[N+](=O)[O-])cc1. The number of hydrogen-bond acceptors (Lipinski definition) is 6. The maximum Gasteiger partial charge on any atom is 0.283 e. The van der Waals surface area contributed by atoms with E-state index in [1.165, 1.54) is 23.1 Å². The van der Waals surface area contributed by atoms with E-state index in [4.69, 9.17) is 4.74 Å². The summed E-state index contributed by atoms with van der Waals surface area (Å²) in [4.78, 5) is 16.5. The van der Waals surface area contributed by atoms with Gasteiger partial charge in [0, 0.05) is 17.4 Å². The van der Waals surface area contributed by atoms with Crippen molar-refractivity contribution in [2.45, 2.75) is 10.6 Å². The zero-order valence-corrected chi connectivity index (χ0v) is 16.6. The maximum atomic E-state index is 11.6. The third kappa shape index (κ3) is 3.85. The number of methoxy groups -OCH3 is 1. The number of nitro benzene ring substituents is 1. The Morgan fingerprint density at radius 3 is 2.61 bits per heavy atom. The fourth-order valence-corrected chi connectivity index (χ4v) is 4.72. The number of nitro groups is 1. The highest BCUT2D eigenvalue weighted by Crippen LogP contribution is 2.37. The third-order valence-corrected chi connectivity index (χ3v) is 6.47. The Hall–Kier alpha value is -2.90. The molecule has 0 fully saturated rings. The molecule has 5 nitrogen and oxygen atoms in total. The van der Waals surface area contributed by atoms with E-state index < -0.39 is 0 Å². The lowest BCUT2D eigenvalue weighted by Crippen LogP contribution is -1.92. The largest absolute Gasteiger partial charge is 0.497 e. The molecule has 0 aliphatic heterocycles. The summed E-state index contributed by atoms with van der Waals surface area (Å²) in [6.45, 7) is 0. The van der Waals surface area contributed by atoms with Crippen LogP contribution in [0.3, 0.4) is 0 Å².